The first-order valence-electron chi connectivity index (χ1n) is 6.86. The molecule has 1 aliphatic heterocycles. The summed E-state index contributed by atoms with van der Waals surface area (Å²) in [6.07, 6.45) is 4.22. The highest BCUT2D eigenvalue weighted by atomic mass is 16.5. The molecule has 4 nitrogen and oxygen atoms in total. The van der Waals surface area contributed by atoms with Crippen molar-refractivity contribution in [1.29, 1.82) is 0 Å². The van der Waals surface area contributed by atoms with Gasteiger partial charge in [-0.15, -0.1) is 0 Å². The van der Waals surface area contributed by atoms with E-state index < -0.39 is 0 Å². The van der Waals surface area contributed by atoms with Crippen LogP contribution >= 0.6 is 0 Å². The first-order valence-corrected chi connectivity index (χ1v) is 6.86. The van der Waals surface area contributed by atoms with E-state index in [0.717, 1.165) is 58.7 Å². The van der Waals surface area contributed by atoms with E-state index in [4.69, 9.17) is 4.74 Å². The van der Waals surface area contributed by atoms with Gasteiger partial charge in [-0.2, -0.15) is 0 Å². The Balaban J connectivity index is 1.89. The van der Waals surface area contributed by atoms with Crippen LogP contribution in [0.3, 0.4) is 0 Å². The van der Waals surface area contributed by atoms with Crippen molar-refractivity contribution in [3.63, 3.8) is 0 Å². The molecule has 0 aromatic carbocycles. The molecule has 1 heterocycles. The van der Waals surface area contributed by atoms with Gasteiger partial charge >= 0.3 is 0 Å². The highest BCUT2D eigenvalue weighted by Gasteiger charge is 2.45. The number of hydrogen-bond donors (Lipinski definition) is 1. The molecule has 1 aliphatic carbocycles. The maximum absolute atomic E-state index is 12.5. The van der Waals surface area contributed by atoms with Crippen molar-refractivity contribution in [2.45, 2.75) is 32.6 Å². The van der Waals surface area contributed by atoms with Crippen LogP contribution < -0.4 is 5.32 Å². The van der Waals surface area contributed by atoms with E-state index in [9.17, 15) is 4.79 Å². The molecule has 0 unspecified atom stereocenters. The molecule has 0 bridgehead atoms. The molecule has 1 saturated heterocycles. The molecular formula is C13H24N2O2. The summed E-state index contributed by atoms with van der Waals surface area (Å²) in [6, 6.07) is 0. The average molecular weight is 240 g/mol. The summed E-state index contributed by atoms with van der Waals surface area (Å²) in [4.78, 5) is 14.6. The topological polar surface area (TPSA) is 41.6 Å². The van der Waals surface area contributed by atoms with Gasteiger partial charge in [0.1, 0.15) is 0 Å². The first-order chi connectivity index (χ1) is 8.28. The molecule has 4 heteroatoms. The summed E-state index contributed by atoms with van der Waals surface area (Å²) < 4.78 is 5.42. The molecular weight excluding hydrogens is 216 g/mol. The summed E-state index contributed by atoms with van der Waals surface area (Å²) in [6.45, 7) is 7.10. The predicted octanol–water partition coefficient (Wildman–Crippen LogP) is 1.02. The van der Waals surface area contributed by atoms with Crippen LogP contribution in [0.25, 0.3) is 0 Å². The Hall–Kier alpha value is -0.610. The largest absolute Gasteiger partial charge is 0.382 e. The van der Waals surface area contributed by atoms with E-state index >= 15 is 0 Å². The molecule has 0 radical (unpaired) electrons. The summed E-state index contributed by atoms with van der Waals surface area (Å²) >= 11 is 0. The lowest BCUT2D eigenvalue weighted by atomic mass is 9.65. The number of amides is 1. The van der Waals surface area contributed by atoms with E-state index in [2.05, 4.69) is 5.32 Å². The van der Waals surface area contributed by atoms with Gasteiger partial charge in [0, 0.05) is 39.4 Å². The fraction of sp³-hybridized carbons (Fsp3) is 0.923. The molecule has 0 aromatic heterocycles. The molecule has 0 atom stereocenters. The molecule has 0 spiro atoms. The number of nitrogens with one attached hydrogen (secondary N) is 1. The van der Waals surface area contributed by atoms with Crippen LogP contribution in [0.1, 0.15) is 32.6 Å². The van der Waals surface area contributed by atoms with Crippen LogP contribution in [-0.4, -0.2) is 50.2 Å². The molecule has 1 amide bonds. The van der Waals surface area contributed by atoms with Crippen LogP contribution in [-0.2, 0) is 9.53 Å². The van der Waals surface area contributed by atoms with Crippen molar-refractivity contribution in [2.24, 2.45) is 5.41 Å². The number of rotatable bonds is 5. The third kappa shape index (κ3) is 2.80. The van der Waals surface area contributed by atoms with Gasteiger partial charge in [-0.25, -0.2) is 0 Å². The summed E-state index contributed by atoms with van der Waals surface area (Å²) in [5.74, 6) is 0.380. The van der Waals surface area contributed by atoms with Crippen molar-refractivity contribution in [3.05, 3.63) is 0 Å². The van der Waals surface area contributed by atoms with Gasteiger partial charge in [-0.3, -0.25) is 4.79 Å². The second-order valence-electron chi connectivity index (χ2n) is 5.12. The first kappa shape index (κ1) is 12.8. The predicted molar refractivity (Wildman–Crippen MR) is 66.8 cm³/mol. The van der Waals surface area contributed by atoms with Gasteiger partial charge in [-0.1, -0.05) is 6.42 Å². The van der Waals surface area contributed by atoms with Gasteiger partial charge in [0.25, 0.3) is 0 Å². The van der Waals surface area contributed by atoms with Crippen molar-refractivity contribution < 1.29 is 9.53 Å². The van der Waals surface area contributed by atoms with Crippen molar-refractivity contribution in [2.75, 3.05) is 39.4 Å². The average Bonchev–Trinajstić information content (AvgIpc) is 2.33. The number of ether oxygens (including phenoxy) is 1. The molecule has 2 fully saturated rings. The van der Waals surface area contributed by atoms with E-state index in [1.54, 1.807) is 0 Å². The Bertz CT molecular complexity index is 258. The Kier molecular flexibility index (Phi) is 4.40. The highest BCUT2D eigenvalue weighted by Crippen LogP contribution is 2.45. The highest BCUT2D eigenvalue weighted by molar-refractivity contribution is 5.83. The van der Waals surface area contributed by atoms with Crippen LogP contribution in [0.5, 0.6) is 0 Å². The molecule has 1 saturated carbocycles. The Morgan fingerprint density at radius 3 is 2.59 bits per heavy atom. The SMILES string of the molecule is CCOCCC1(C(=O)N2CCNCC2)CCC1. The molecule has 17 heavy (non-hydrogen) atoms. The normalized spacial score (nSPS) is 23.2. The molecule has 2 rings (SSSR count). The number of carbonyl (C=O) groups is 1. The second-order valence-corrected chi connectivity index (χ2v) is 5.12. The number of hydrogen-bond acceptors (Lipinski definition) is 3. The third-order valence-corrected chi connectivity index (χ3v) is 4.10. The van der Waals surface area contributed by atoms with Gasteiger partial charge in [-0.05, 0) is 26.2 Å². The molecule has 1 N–H and O–H groups in total. The zero-order valence-electron chi connectivity index (χ0n) is 10.8. The lowest BCUT2D eigenvalue weighted by molar-refractivity contribution is -0.149. The fourth-order valence-electron chi connectivity index (χ4n) is 2.79. The minimum atomic E-state index is -0.0769. The lowest BCUT2D eigenvalue weighted by Gasteiger charge is -2.44. The second kappa shape index (κ2) is 5.83. The Morgan fingerprint density at radius 1 is 1.35 bits per heavy atom. The maximum atomic E-state index is 12.5. The van der Waals surface area contributed by atoms with Gasteiger partial charge < -0.3 is 15.0 Å². The Morgan fingerprint density at radius 2 is 2.06 bits per heavy atom. The minimum absolute atomic E-state index is 0.0769. The van der Waals surface area contributed by atoms with E-state index in [1.165, 1.54) is 6.42 Å². The number of carbonyl (C=O) groups excluding carboxylic acids is 1. The smallest absolute Gasteiger partial charge is 0.228 e. The van der Waals surface area contributed by atoms with E-state index in [-0.39, 0.29) is 5.41 Å². The zero-order valence-corrected chi connectivity index (χ0v) is 10.8. The van der Waals surface area contributed by atoms with Crippen LogP contribution in [0.15, 0.2) is 0 Å². The summed E-state index contributed by atoms with van der Waals surface area (Å²) in [5.41, 5.74) is -0.0769. The van der Waals surface area contributed by atoms with Gasteiger partial charge in [0.05, 0.1) is 5.41 Å². The van der Waals surface area contributed by atoms with E-state index in [1.807, 2.05) is 11.8 Å². The van der Waals surface area contributed by atoms with E-state index in [0.29, 0.717) is 5.91 Å². The van der Waals surface area contributed by atoms with Crippen molar-refractivity contribution >= 4 is 5.91 Å². The fourth-order valence-corrected chi connectivity index (χ4v) is 2.79. The number of nitrogens with zero attached hydrogens (tertiary/aromatic N) is 1. The van der Waals surface area contributed by atoms with Crippen LogP contribution in [0.2, 0.25) is 0 Å². The van der Waals surface area contributed by atoms with Crippen molar-refractivity contribution in [3.8, 4) is 0 Å². The zero-order chi connectivity index (χ0) is 12.1. The Labute approximate surface area is 104 Å². The standard InChI is InChI=1S/C13H24N2O2/c1-2-17-11-6-13(4-3-5-13)12(16)15-9-7-14-8-10-15/h14H,2-11H2,1H3. The lowest BCUT2D eigenvalue weighted by Crippen LogP contribution is -2.54. The maximum Gasteiger partial charge on any atom is 0.228 e. The summed E-state index contributed by atoms with van der Waals surface area (Å²) in [5, 5.41) is 3.29. The van der Waals surface area contributed by atoms with Crippen molar-refractivity contribution in [1.82, 2.24) is 10.2 Å². The molecule has 98 valence electrons. The van der Waals surface area contributed by atoms with Crippen LogP contribution in [0, 0.1) is 5.41 Å². The minimum Gasteiger partial charge on any atom is -0.382 e. The molecule has 2 aliphatic rings. The monoisotopic (exact) mass is 240 g/mol. The van der Waals surface area contributed by atoms with Gasteiger partial charge in [0.2, 0.25) is 5.91 Å². The van der Waals surface area contributed by atoms with Crippen LogP contribution in [0.4, 0.5) is 0 Å². The third-order valence-electron chi connectivity index (χ3n) is 4.10. The quantitative estimate of drug-likeness (QED) is 0.729. The molecule has 0 aromatic rings. The number of piperazine rings is 1. The van der Waals surface area contributed by atoms with Gasteiger partial charge in [0.15, 0.2) is 0 Å². The summed E-state index contributed by atoms with van der Waals surface area (Å²) in [7, 11) is 0.